The predicted molar refractivity (Wildman–Crippen MR) is 108 cm³/mol. The molecular formula is C17H19N5S3. The van der Waals surface area contributed by atoms with E-state index in [-0.39, 0.29) is 0 Å². The fourth-order valence-corrected chi connectivity index (χ4v) is 5.24. The number of hydrogen-bond acceptors (Lipinski definition) is 7. The van der Waals surface area contributed by atoms with Crippen molar-refractivity contribution >= 4 is 50.2 Å². The van der Waals surface area contributed by atoms with Crippen molar-refractivity contribution in [3.63, 3.8) is 0 Å². The molecule has 0 aliphatic carbocycles. The second-order valence-electron chi connectivity index (χ2n) is 5.97. The van der Waals surface area contributed by atoms with Gasteiger partial charge in [-0.2, -0.15) is 0 Å². The van der Waals surface area contributed by atoms with Crippen molar-refractivity contribution in [3.8, 4) is 0 Å². The fourth-order valence-electron chi connectivity index (χ4n) is 3.11. The smallest absolute Gasteiger partial charge is 0.204 e. The lowest BCUT2D eigenvalue weighted by atomic mass is 10.2. The van der Waals surface area contributed by atoms with E-state index in [0.717, 1.165) is 27.6 Å². The van der Waals surface area contributed by atoms with Crippen LogP contribution in [-0.4, -0.2) is 32.8 Å². The maximum Gasteiger partial charge on any atom is 0.204 e. The second kappa shape index (κ2) is 7.33. The van der Waals surface area contributed by atoms with Crippen LogP contribution in [0.1, 0.15) is 23.9 Å². The van der Waals surface area contributed by atoms with E-state index in [1.165, 1.54) is 27.5 Å². The Hall–Kier alpha value is -1.61. The third-order valence-corrected chi connectivity index (χ3v) is 6.68. The van der Waals surface area contributed by atoms with Crippen molar-refractivity contribution in [1.82, 2.24) is 19.7 Å². The highest BCUT2D eigenvalue weighted by molar-refractivity contribution is 7.73. The molecule has 1 atom stereocenters. The quantitative estimate of drug-likeness (QED) is 0.490. The largest absolute Gasteiger partial charge is 0.357 e. The summed E-state index contributed by atoms with van der Waals surface area (Å²) in [5.74, 6) is 0. The Bertz CT molecular complexity index is 908. The molecule has 0 bridgehead atoms. The Kier molecular flexibility index (Phi) is 4.93. The Morgan fingerprint density at radius 1 is 1.36 bits per heavy atom. The average Bonchev–Trinajstić information content (AvgIpc) is 3.31. The summed E-state index contributed by atoms with van der Waals surface area (Å²) >= 11 is 8.79. The van der Waals surface area contributed by atoms with Crippen molar-refractivity contribution in [3.05, 3.63) is 45.9 Å². The summed E-state index contributed by atoms with van der Waals surface area (Å²) < 4.78 is 3.96. The van der Waals surface area contributed by atoms with Crippen LogP contribution >= 0.6 is 34.9 Å². The number of anilines is 1. The summed E-state index contributed by atoms with van der Waals surface area (Å²) in [5.41, 5.74) is 1.09. The van der Waals surface area contributed by atoms with Crippen LogP contribution in [0.4, 0.5) is 5.13 Å². The van der Waals surface area contributed by atoms with Crippen LogP contribution in [0, 0.1) is 3.95 Å². The zero-order valence-electron chi connectivity index (χ0n) is 13.7. The van der Waals surface area contributed by atoms with Gasteiger partial charge in [0.2, 0.25) is 5.13 Å². The maximum atomic E-state index is 5.48. The van der Waals surface area contributed by atoms with Crippen LogP contribution in [-0.2, 0) is 6.67 Å². The van der Waals surface area contributed by atoms with Gasteiger partial charge in [0.1, 0.15) is 5.01 Å². The Balaban J connectivity index is 1.54. The molecule has 25 heavy (non-hydrogen) atoms. The van der Waals surface area contributed by atoms with E-state index in [0.29, 0.717) is 19.3 Å². The molecule has 3 heterocycles. The standard InChI is InChI=1S/C17H19N5S3/c1-2-9-18-16-20-22(17(23)25-16)11-21-10-5-7-13(21)15-19-12-6-3-4-8-14(12)24-15/h2-4,6,8,13H,1,5,7,9-11H2,(H,18,20)/t13-/m1/s1. The van der Waals surface area contributed by atoms with Crippen LogP contribution in [0.3, 0.4) is 0 Å². The van der Waals surface area contributed by atoms with E-state index >= 15 is 0 Å². The molecule has 2 aromatic heterocycles. The van der Waals surface area contributed by atoms with Crippen molar-refractivity contribution in [1.29, 1.82) is 0 Å². The molecule has 4 rings (SSSR count). The van der Waals surface area contributed by atoms with Gasteiger partial charge in [0, 0.05) is 13.1 Å². The highest BCUT2D eigenvalue weighted by Crippen LogP contribution is 2.36. The molecule has 1 fully saturated rings. The van der Waals surface area contributed by atoms with E-state index in [2.05, 4.69) is 40.1 Å². The van der Waals surface area contributed by atoms with E-state index in [1.54, 1.807) is 11.3 Å². The van der Waals surface area contributed by atoms with Gasteiger partial charge in [0.05, 0.1) is 22.9 Å². The zero-order valence-corrected chi connectivity index (χ0v) is 16.2. The third kappa shape index (κ3) is 3.52. The second-order valence-corrected chi connectivity index (χ2v) is 8.66. The zero-order chi connectivity index (χ0) is 17.2. The lowest BCUT2D eigenvalue weighted by Gasteiger charge is -2.22. The molecule has 0 saturated carbocycles. The molecule has 1 saturated heterocycles. The van der Waals surface area contributed by atoms with E-state index < -0.39 is 0 Å². The molecule has 1 N–H and O–H groups in total. The van der Waals surface area contributed by atoms with Gasteiger partial charge >= 0.3 is 0 Å². The Morgan fingerprint density at radius 3 is 3.08 bits per heavy atom. The summed E-state index contributed by atoms with van der Waals surface area (Å²) in [4.78, 5) is 7.29. The molecule has 0 amide bonds. The van der Waals surface area contributed by atoms with Crippen molar-refractivity contribution in [2.45, 2.75) is 25.6 Å². The molecular weight excluding hydrogens is 370 g/mol. The number of hydrogen-bond donors (Lipinski definition) is 1. The molecule has 3 aromatic rings. The summed E-state index contributed by atoms with van der Waals surface area (Å²) in [6, 6.07) is 8.70. The van der Waals surface area contributed by atoms with Crippen molar-refractivity contribution in [2.75, 3.05) is 18.4 Å². The minimum Gasteiger partial charge on any atom is -0.357 e. The molecule has 1 aromatic carbocycles. The number of fused-ring (bicyclic) bond motifs is 1. The van der Waals surface area contributed by atoms with E-state index in [4.69, 9.17) is 17.2 Å². The molecule has 5 nitrogen and oxygen atoms in total. The van der Waals surface area contributed by atoms with Gasteiger partial charge in [0.25, 0.3) is 0 Å². The van der Waals surface area contributed by atoms with Crippen LogP contribution in [0.25, 0.3) is 10.2 Å². The maximum absolute atomic E-state index is 5.48. The van der Waals surface area contributed by atoms with Gasteiger partial charge in [-0.3, -0.25) is 4.90 Å². The van der Waals surface area contributed by atoms with Gasteiger partial charge in [-0.25, -0.2) is 9.67 Å². The van der Waals surface area contributed by atoms with E-state index in [1.807, 2.05) is 16.8 Å². The van der Waals surface area contributed by atoms with Crippen LogP contribution in [0.2, 0.25) is 0 Å². The Morgan fingerprint density at radius 2 is 2.24 bits per heavy atom. The molecule has 1 aliphatic rings. The van der Waals surface area contributed by atoms with Crippen LogP contribution < -0.4 is 5.32 Å². The lowest BCUT2D eigenvalue weighted by Crippen LogP contribution is -2.26. The molecule has 130 valence electrons. The number of aromatic nitrogens is 3. The van der Waals surface area contributed by atoms with Gasteiger partial charge in [-0.05, 0) is 37.2 Å². The van der Waals surface area contributed by atoms with E-state index in [9.17, 15) is 0 Å². The average molecular weight is 390 g/mol. The van der Waals surface area contributed by atoms with Crippen LogP contribution in [0.15, 0.2) is 36.9 Å². The summed E-state index contributed by atoms with van der Waals surface area (Å²) in [5, 5.41) is 9.86. The highest BCUT2D eigenvalue weighted by Gasteiger charge is 2.29. The molecule has 0 unspecified atom stereocenters. The van der Waals surface area contributed by atoms with Gasteiger partial charge in [-0.1, -0.05) is 29.5 Å². The summed E-state index contributed by atoms with van der Waals surface area (Å²) in [7, 11) is 0. The van der Waals surface area contributed by atoms with Gasteiger partial charge < -0.3 is 5.32 Å². The molecule has 8 heteroatoms. The number of para-hydroxylation sites is 1. The minimum absolute atomic E-state index is 0.352. The number of likely N-dealkylation sites (tertiary alicyclic amines) is 1. The lowest BCUT2D eigenvalue weighted by molar-refractivity contribution is 0.191. The van der Waals surface area contributed by atoms with Crippen molar-refractivity contribution in [2.24, 2.45) is 0 Å². The molecule has 1 aliphatic heterocycles. The molecule has 0 radical (unpaired) electrons. The topological polar surface area (TPSA) is 46.0 Å². The van der Waals surface area contributed by atoms with Gasteiger partial charge in [0.15, 0.2) is 3.95 Å². The molecule has 0 spiro atoms. The third-order valence-electron chi connectivity index (χ3n) is 4.28. The predicted octanol–water partition coefficient (Wildman–Crippen LogP) is 4.68. The first-order valence-corrected chi connectivity index (χ1v) is 10.3. The van der Waals surface area contributed by atoms with Crippen LogP contribution in [0.5, 0.6) is 0 Å². The first-order chi connectivity index (χ1) is 12.2. The SMILES string of the molecule is C=CCNc1nn(CN2CCC[C@@H]2c2nc3ccccc3s2)c(=S)s1. The highest BCUT2D eigenvalue weighted by atomic mass is 32.1. The first-order valence-electron chi connectivity index (χ1n) is 8.27. The summed E-state index contributed by atoms with van der Waals surface area (Å²) in [6.45, 7) is 6.18. The van der Waals surface area contributed by atoms with Gasteiger partial charge in [-0.15, -0.1) is 23.0 Å². The number of nitrogens with one attached hydrogen (secondary N) is 1. The number of thiazole rings is 1. The number of benzene rings is 1. The number of rotatable bonds is 6. The minimum atomic E-state index is 0.352. The first kappa shape index (κ1) is 16.8. The summed E-state index contributed by atoms with van der Waals surface area (Å²) in [6.07, 6.45) is 4.14. The van der Waals surface area contributed by atoms with Crippen molar-refractivity contribution < 1.29 is 0 Å². The normalized spacial score (nSPS) is 18.0. The fraction of sp³-hybridized carbons (Fsp3) is 0.353. The number of nitrogens with zero attached hydrogens (tertiary/aromatic N) is 4. The Labute approximate surface area is 159 Å². The monoisotopic (exact) mass is 389 g/mol.